The Bertz CT molecular complexity index is 472. The number of rotatable bonds is 1. The van der Waals surface area contributed by atoms with Crippen LogP contribution < -0.4 is 5.46 Å². The zero-order valence-electron chi connectivity index (χ0n) is 13.1. The molecule has 0 aliphatic carbocycles. The predicted octanol–water partition coefficient (Wildman–Crippen LogP) is 1.69. The van der Waals surface area contributed by atoms with E-state index in [1.54, 1.807) is 6.07 Å². The normalized spacial score (nSPS) is 26.0. The zero-order chi connectivity index (χ0) is 14.5. The second kappa shape index (κ2) is 3.57. The van der Waals surface area contributed by atoms with Crippen LogP contribution in [-0.2, 0) is 9.31 Å². The lowest BCUT2D eigenvalue weighted by Gasteiger charge is -2.32. The highest BCUT2D eigenvalue weighted by atomic mass is 16.7. The van der Waals surface area contributed by atoms with Gasteiger partial charge in [-0.25, -0.2) is 0 Å². The molecule has 1 fully saturated rings. The van der Waals surface area contributed by atoms with Crippen molar-refractivity contribution < 1.29 is 13.4 Å². The maximum atomic E-state index is 7.39. The molecule has 4 heteroatoms. The summed E-state index contributed by atoms with van der Waals surface area (Å²) in [5, 5.41) is 0. The van der Waals surface area contributed by atoms with Crippen LogP contribution in [0.1, 0.15) is 37.5 Å². The third kappa shape index (κ3) is 1.87. The van der Waals surface area contributed by atoms with Crippen molar-refractivity contribution in [2.24, 2.45) is 0 Å². The first-order chi connectivity index (χ1) is 8.53. The summed E-state index contributed by atoms with van der Waals surface area (Å²) >= 11 is 0. The summed E-state index contributed by atoms with van der Waals surface area (Å²) < 4.78 is 33.9. The largest absolute Gasteiger partial charge is 0.494 e. The summed E-state index contributed by atoms with van der Waals surface area (Å²) in [5.41, 5.74) is -0.151. The highest BCUT2D eigenvalue weighted by molar-refractivity contribution is 6.62. The van der Waals surface area contributed by atoms with Crippen LogP contribution in [0.15, 0.2) is 18.3 Å². The van der Waals surface area contributed by atoms with Crippen molar-refractivity contribution in [3.05, 3.63) is 24.0 Å². The number of pyridine rings is 1. The van der Waals surface area contributed by atoms with Crippen LogP contribution in [0.5, 0.6) is 0 Å². The lowest BCUT2D eigenvalue weighted by molar-refractivity contribution is 0.00578. The average molecular weight is 223 g/mol. The van der Waals surface area contributed by atoms with Crippen LogP contribution in [0.3, 0.4) is 0 Å². The van der Waals surface area contributed by atoms with Gasteiger partial charge in [0.1, 0.15) is 0 Å². The fourth-order valence-electron chi connectivity index (χ4n) is 1.57. The molecule has 1 aliphatic rings. The quantitative estimate of drug-likeness (QED) is 0.536. The Hall–Kier alpha value is -0.865. The summed E-state index contributed by atoms with van der Waals surface area (Å²) in [6.07, 6.45) is 1.47. The molecule has 0 spiro atoms. The van der Waals surface area contributed by atoms with Crippen molar-refractivity contribution >= 4 is 12.6 Å². The minimum absolute atomic E-state index is 0.0553. The topological polar surface area (TPSA) is 31.4 Å². The molecular formula is C12H18BNO2. The number of aromatic nitrogens is 1. The van der Waals surface area contributed by atoms with E-state index in [4.69, 9.17) is 13.4 Å². The zero-order valence-corrected chi connectivity index (χ0v) is 10.1. The first kappa shape index (κ1) is 8.26. The summed E-state index contributed by atoms with van der Waals surface area (Å²) in [5.74, 6) is 0. The maximum absolute atomic E-state index is 7.39. The van der Waals surface area contributed by atoms with Crippen LogP contribution in [0.2, 0.25) is 0 Å². The Morgan fingerprint density at radius 2 is 1.88 bits per heavy atom. The van der Waals surface area contributed by atoms with Crippen LogP contribution in [-0.4, -0.2) is 23.3 Å². The number of aryl methyl sites for hydroxylation is 1. The van der Waals surface area contributed by atoms with Crippen molar-refractivity contribution in [3.63, 3.8) is 0 Å². The molecule has 0 atom stereocenters. The SMILES string of the molecule is [2H][13C]([2H])([2H])c1cc(B2OC(C)(C)C(C)(C)O2)ccn1. The van der Waals surface area contributed by atoms with Gasteiger partial charge in [-0.2, -0.15) is 0 Å². The lowest BCUT2D eigenvalue weighted by atomic mass is 9.79. The molecule has 0 saturated carbocycles. The van der Waals surface area contributed by atoms with Crippen molar-refractivity contribution in [2.45, 2.75) is 45.7 Å². The highest BCUT2D eigenvalue weighted by Gasteiger charge is 2.51. The van der Waals surface area contributed by atoms with E-state index in [2.05, 4.69) is 4.98 Å². The summed E-state index contributed by atoms with van der Waals surface area (Å²) in [6.45, 7) is 5.61. The molecule has 0 N–H and O–H groups in total. The molecule has 0 unspecified atom stereocenters. The predicted molar refractivity (Wildman–Crippen MR) is 64.7 cm³/mol. The van der Waals surface area contributed by atoms with Crippen molar-refractivity contribution in [1.29, 1.82) is 0 Å². The van der Waals surface area contributed by atoms with E-state index in [-0.39, 0.29) is 5.69 Å². The van der Waals surface area contributed by atoms with E-state index in [1.807, 2.05) is 27.7 Å². The van der Waals surface area contributed by atoms with Gasteiger partial charge in [-0.05, 0) is 52.1 Å². The van der Waals surface area contributed by atoms with E-state index in [0.717, 1.165) is 0 Å². The molecule has 0 aromatic carbocycles. The molecular weight excluding hydrogens is 202 g/mol. The van der Waals surface area contributed by atoms with Crippen molar-refractivity contribution in [3.8, 4) is 0 Å². The lowest BCUT2D eigenvalue weighted by Crippen LogP contribution is -2.41. The van der Waals surface area contributed by atoms with Crippen molar-refractivity contribution in [1.82, 2.24) is 4.98 Å². The Balaban J connectivity index is 2.30. The van der Waals surface area contributed by atoms with E-state index < -0.39 is 25.2 Å². The number of hydrogen-bond acceptors (Lipinski definition) is 3. The fourth-order valence-corrected chi connectivity index (χ4v) is 1.57. The molecule has 0 radical (unpaired) electrons. The van der Waals surface area contributed by atoms with Crippen LogP contribution >= 0.6 is 0 Å². The minimum atomic E-state index is -2.22. The second-order valence-electron chi connectivity index (χ2n) is 5.06. The molecule has 2 rings (SSSR count). The van der Waals surface area contributed by atoms with Gasteiger partial charge in [0.25, 0.3) is 0 Å². The molecule has 0 amide bonds. The van der Waals surface area contributed by atoms with Crippen LogP contribution in [0.25, 0.3) is 0 Å². The summed E-state index contributed by atoms with van der Waals surface area (Å²) in [6, 6.07) is 3.24. The smallest absolute Gasteiger partial charge is 0.399 e. The van der Waals surface area contributed by atoms with E-state index in [9.17, 15) is 0 Å². The monoisotopic (exact) mass is 223 g/mol. The van der Waals surface area contributed by atoms with Gasteiger partial charge >= 0.3 is 7.12 Å². The van der Waals surface area contributed by atoms with Crippen molar-refractivity contribution in [2.75, 3.05) is 0 Å². The molecule has 1 saturated heterocycles. The van der Waals surface area contributed by atoms with Gasteiger partial charge in [0, 0.05) is 16.0 Å². The fraction of sp³-hybridized carbons (Fsp3) is 0.583. The van der Waals surface area contributed by atoms with Crippen LogP contribution in [0, 0.1) is 6.85 Å². The highest BCUT2D eigenvalue weighted by Crippen LogP contribution is 2.36. The molecule has 3 nitrogen and oxygen atoms in total. The molecule has 0 bridgehead atoms. The maximum Gasteiger partial charge on any atom is 0.494 e. The third-order valence-electron chi connectivity index (χ3n) is 3.31. The Morgan fingerprint density at radius 3 is 2.44 bits per heavy atom. The number of hydrogen-bond donors (Lipinski definition) is 0. The molecule has 1 aromatic heterocycles. The Kier molecular flexibility index (Phi) is 1.84. The molecule has 1 aliphatic heterocycles. The number of nitrogens with zero attached hydrogens (tertiary/aromatic N) is 1. The Morgan fingerprint density at radius 1 is 1.25 bits per heavy atom. The van der Waals surface area contributed by atoms with Gasteiger partial charge in [0.2, 0.25) is 0 Å². The first-order valence-electron chi connectivity index (χ1n) is 6.85. The molecule has 2 heterocycles. The van der Waals surface area contributed by atoms with Gasteiger partial charge in [0.15, 0.2) is 0 Å². The summed E-state index contributed by atoms with van der Waals surface area (Å²) in [4.78, 5) is 3.88. The average Bonchev–Trinajstić information content (AvgIpc) is 2.47. The van der Waals surface area contributed by atoms with Gasteiger partial charge in [0.05, 0.1) is 11.2 Å². The molecule has 86 valence electrons. The molecule has 16 heavy (non-hydrogen) atoms. The van der Waals surface area contributed by atoms with Crippen LogP contribution in [0.4, 0.5) is 0 Å². The molecule has 1 aromatic rings. The van der Waals surface area contributed by atoms with Gasteiger partial charge in [-0.3, -0.25) is 4.98 Å². The standard InChI is InChI=1S/C12H18BNO2/c1-9-8-10(6-7-14-9)13-15-11(2,3)12(4,5)16-13/h6-8H,1-5H3/i1+1D3. The first-order valence-corrected chi connectivity index (χ1v) is 5.35. The second-order valence-corrected chi connectivity index (χ2v) is 5.06. The third-order valence-corrected chi connectivity index (χ3v) is 3.31. The van der Waals surface area contributed by atoms with E-state index >= 15 is 0 Å². The minimum Gasteiger partial charge on any atom is -0.399 e. The van der Waals surface area contributed by atoms with E-state index in [1.165, 1.54) is 12.3 Å². The Labute approximate surface area is 102 Å². The van der Waals surface area contributed by atoms with E-state index in [0.29, 0.717) is 5.46 Å². The van der Waals surface area contributed by atoms with Gasteiger partial charge < -0.3 is 9.31 Å². The van der Waals surface area contributed by atoms with Gasteiger partial charge in [-0.15, -0.1) is 0 Å². The summed E-state index contributed by atoms with van der Waals surface area (Å²) in [7, 11) is -0.561. The van der Waals surface area contributed by atoms with Gasteiger partial charge in [-0.1, -0.05) is 0 Å².